The molecule has 0 bridgehead atoms. The van der Waals surface area contributed by atoms with E-state index in [9.17, 15) is 8.42 Å². The van der Waals surface area contributed by atoms with E-state index in [4.69, 9.17) is 26.1 Å². The summed E-state index contributed by atoms with van der Waals surface area (Å²) < 4.78 is 35.2. The molecule has 2 aromatic carbocycles. The minimum absolute atomic E-state index is 0.0860. The smallest absolute Gasteiger partial charge is 0.164 e. The summed E-state index contributed by atoms with van der Waals surface area (Å²) >= 11 is 7.67. The van der Waals surface area contributed by atoms with Gasteiger partial charge >= 0.3 is 0 Å². The Kier molecular flexibility index (Phi) is 5.68. The molecule has 154 valence electrons. The van der Waals surface area contributed by atoms with Gasteiger partial charge in [-0.25, -0.2) is 8.42 Å². The van der Waals surface area contributed by atoms with Crippen LogP contribution in [0.15, 0.2) is 47.5 Å². The molecule has 2 heterocycles. The molecule has 0 unspecified atom stereocenters. The van der Waals surface area contributed by atoms with Crippen LogP contribution in [0.2, 0.25) is 5.02 Å². The average molecular weight is 453 g/mol. The summed E-state index contributed by atoms with van der Waals surface area (Å²) in [5, 5.41) is 1.50. The third-order valence-electron chi connectivity index (χ3n) is 5.01. The molecule has 0 amide bonds. The van der Waals surface area contributed by atoms with Gasteiger partial charge in [-0.3, -0.25) is 4.99 Å². The van der Waals surface area contributed by atoms with Gasteiger partial charge in [0.1, 0.15) is 0 Å². The first-order chi connectivity index (χ1) is 13.9. The SMILES string of the molecule is COc1ccc(N2C(SCc3cccc(Cl)c3)=N[C@@H]3CS(=O)(=O)C[C@H]32)cc1OC. The standard InChI is InChI=1S/C20H21ClN2O4S2/c1-26-18-7-6-15(9-19(18)27-2)23-17-12-29(24,25)11-16(17)22-20(23)28-10-13-4-3-5-14(21)8-13/h3-9,16-17H,10-12H2,1-2H3/t16-,17-/m1/s1. The zero-order valence-corrected chi connectivity index (χ0v) is 18.4. The lowest BCUT2D eigenvalue weighted by atomic mass is 10.1. The minimum Gasteiger partial charge on any atom is -0.493 e. The Labute approximate surface area is 179 Å². The van der Waals surface area contributed by atoms with Crippen molar-refractivity contribution in [1.29, 1.82) is 0 Å². The lowest BCUT2D eigenvalue weighted by Crippen LogP contribution is -2.39. The highest BCUT2D eigenvalue weighted by atomic mass is 35.5. The summed E-state index contributed by atoms with van der Waals surface area (Å²) in [7, 11) is 0.0622. The van der Waals surface area contributed by atoms with E-state index in [2.05, 4.69) is 0 Å². The monoisotopic (exact) mass is 452 g/mol. The Hall–Kier alpha value is -1.90. The number of hydrogen-bond acceptors (Lipinski definition) is 7. The predicted octanol–water partition coefficient (Wildman–Crippen LogP) is 3.63. The zero-order chi connectivity index (χ0) is 20.6. The number of rotatable bonds is 5. The second-order valence-corrected chi connectivity index (χ2v) is 10.5. The molecule has 0 N–H and O–H groups in total. The van der Waals surface area contributed by atoms with Crippen LogP contribution >= 0.6 is 23.4 Å². The van der Waals surface area contributed by atoms with Crippen molar-refractivity contribution in [2.45, 2.75) is 17.8 Å². The maximum Gasteiger partial charge on any atom is 0.164 e. The molecule has 4 rings (SSSR count). The van der Waals surface area contributed by atoms with Crippen molar-refractivity contribution in [3.8, 4) is 11.5 Å². The van der Waals surface area contributed by atoms with Crippen LogP contribution in [-0.4, -0.2) is 51.4 Å². The van der Waals surface area contributed by atoms with E-state index in [0.717, 1.165) is 16.4 Å². The number of halogens is 1. The van der Waals surface area contributed by atoms with Gasteiger partial charge in [0.15, 0.2) is 26.5 Å². The Morgan fingerprint density at radius 3 is 2.66 bits per heavy atom. The van der Waals surface area contributed by atoms with Gasteiger partial charge in [0.25, 0.3) is 0 Å². The van der Waals surface area contributed by atoms with E-state index in [1.54, 1.807) is 26.0 Å². The molecular formula is C20H21ClN2O4S2. The Morgan fingerprint density at radius 2 is 1.93 bits per heavy atom. The number of thioether (sulfide) groups is 1. The molecule has 9 heteroatoms. The molecule has 29 heavy (non-hydrogen) atoms. The molecule has 0 spiro atoms. The Balaban J connectivity index is 1.65. The summed E-state index contributed by atoms with van der Waals surface area (Å²) in [6, 6.07) is 12.8. The summed E-state index contributed by atoms with van der Waals surface area (Å²) in [4.78, 5) is 6.78. The first-order valence-corrected chi connectivity index (χ1v) is 12.3. The van der Waals surface area contributed by atoms with Crippen molar-refractivity contribution in [1.82, 2.24) is 0 Å². The number of nitrogens with zero attached hydrogens (tertiary/aromatic N) is 2. The summed E-state index contributed by atoms with van der Waals surface area (Å²) in [5.74, 6) is 2.08. The van der Waals surface area contributed by atoms with Crippen LogP contribution in [0.5, 0.6) is 11.5 Å². The number of amidine groups is 1. The second kappa shape index (κ2) is 8.08. The van der Waals surface area contributed by atoms with Crippen molar-refractivity contribution in [3.05, 3.63) is 53.1 Å². The van der Waals surface area contributed by atoms with Gasteiger partial charge in [-0.1, -0.05) is 35.5 Å². The van der Waals surface area contributed by atoms with Crippen LogP contribution in [0.25, 0.3) is 0 Å². The topological polar surface area (TPSA) is 68.2 Å². The molecule has 1 saturated heterocycles. The van der Waals surface area contributed by atoms with Crippen molar-refractivity contribution in [2.75, 3.05) is 30.6 Å². The first-order valence-electron chi connectivity index (χ1n) is 9.07. The molecular weight excluding hydrogens is 432 g/mol. The van der Waals surface area contributed by atoms with Crippen molar-refractivity contribution in [3.63, 3.8) is 0 Å². The number of aliphatic imine (C=N–C) groups is 1. The van der Waals surface area contributed by atoms with E-state index in [1.165, 1.54) is 0 Å². The fraction of sp³-hybridized carbons (Fsp3) is 0.350. The van der Waals surface area contributed by atoms with Gasteiger partial charge < -0.3 is 14.4 Å². The maximum atomic E-state index is 12.2. The number of ether oxygens (including phenoxy) is 2. The van der Waals surface area contributed by atoms with Gasteiger partial charge in [0.2, 0.25) is 0 Å². The molecule has 6 nitrogen and oxygen atoms in total. The normalized spacial score (nSPS) is 22.3. The molecule has 2 aliphatic rings. The molecule has 0 saturated carbocycles. The highest BCUT2D eigenvalue weighted by Crippen LogP contribution is 2.39. The highest BCUT2D eigenvalue weighted by molar-refractivity contribution is 8.13. The molecule has 1 fully saturated rings. The minimum atomic E-state index is -3.10. The summed E-state index contributed by atoms with van der Waals surface area (Å²) in [5.41, 5.74) is 1.92. The molecule has 2 aliphatic heterocycles. The summed E-state index contributed by atoms with van der Waals surface area (Å²) in [6.07, 6.45) is 0. The fourth-order valence-corrected chi connectivity index (χ4v) is 6.81. The van der Waals surface area contributed by atoms with Crippen LogP contribution in [0.3, 0.4) is 0 Å². The molecule has 2 atom stereocenters. The number of anilines is 1. The molecule has 2 aromatic rings. The number of hydrogen-bond donors (Lipinski definition) is 0. The van der Waals surface area contributed by atoms with E-state index in [-0.39, 0.29) is 23.6 Å². The number of sulfone groups is 1. The van der Waals surface area contributed by atoms with Crippen molar-refractivity contribution >= 4 is 44.1 Å². The largest absolute Gasteiger partial charge is 0.493 e. The summed E-state index contributed by atoms with van der Waals surface area (Å²) in [6.45, 7) is 0. The van der Waals surface area contributed by atoms with Gasteiger partial charge in [-0.05, 0) is 29.8 Å². The van der Waals surface area contributed by atoms with Crippen LogP contribution in [0, 0.1) is 0 Å². The number of benzene rings is 2. The Morgan fingerprint density at radius 1 is 1.14 bits per heavy atom. The van der Waals surface area contributed by atoms with Gasteiger partial charge in [-0.2, -0.15) is 0 Å². The van der Waals surface area contributed by atoms with Gasteiger partial charge in [-0.15, -0.1) is 0 Å². The van der Waals surface area contributed by atoms with E-state index in [1.807, 2.05) is 47.4 Å². The molecule has 0 aromatic heterocycles. The molecule has 0 radical (unpaired) electrons. The number of fused-ring (bicyclic) bond motifs is 1. The Bertz CT molecular complexity index is 1060. The predicted molar refractivity (Wildman–Crippen MR) is 118 cm³/mol. The third kappa shape index (κ3) is 4.20. The average Bonchev–Trinajstić information content (AvgIpc) is 3.16. The number of methoxy groups -OCH3 is 2. The van der Waals surface area contributed by atoms with E-state index in [0.29, 0.717) is 22.3 Å². The van der Waals surface area contributed by atoms with Crippen LogP contribution in [-0.2, 0) is 15.6 Å². The first kappa shape index (κ1) is 20.4. The third-order valence-corrected chi connectivity index (χ3v) is 7.98. The van der Waals surface area contributed by atoms with Crippen molar-refractivity contribution in [2.24, 2.45) is 4.99 Å². The quantitative estimate of drug-likeness (QED) is 0.690. The lowest BCUT2D eigenvalue weighted by molar-refractivity contribution is 0.355. The zero-order valence-electron chi connectivity index (χ0n) is 16.0. The fourth-order valence-electron chi connectivity index (χ4n) is 3.68. The van der Waals surface area contributed by atoms with Crippen molar-refractivity contribution < 1.29 is 17.9 Å². The van der Waals surface area contributed by atoms with Crippen LogP contribution in [0.4, 0.5) is 5.69 Å². The highest BCUT2D eigenvalue weighted by Gasteiger charge is 2.47. The van der Waals surface area contributed by atoms with Crippen LogP contribution < -0.4 is 14.4 Å². The van der Waals surface area contributed by atoms with Crippen LogP contribution in [0.1, 0.15) is 5.56 Å². The maximum absolute atomic E-state index is 12.2. The van der Waals surface area contributed by atoms with E-state index < -0.39 is 9.84 Å². The van der Waals surface area contributed by atoms with Gasteiger partial charge in [0.05, 0.1) is 37.8 Å². The van der Waals surface area contributed by atoms with Gasteiger partial charge in [0, 0.05) is 22.5 Å². The molecule has 0 aliphatic carbocycles. The lowest BCUT2D eigenvalue weighted by Gasteiger charge is -2.27. The van der Waals surface area contributed by atoms with E-state index >= 15 is 0 Å². The second-order valence-electron chi connectivity index (χ2n) is 6.95.